The molecule has 2 heterocycles. The summed E-state index contributed by atoms with van der Waals surface area (Å²) in [5.41, 5.74) is 24.1. The minimum absolute atomic E-state index is 0. The molecule has 0 amide bonds. The summed E-state index contributed by atoms with van der Waals surface area (Å²) in [5.74, 6) is 0.700. The summed E-state index contributed by atoms with van der Waals surface area (Å²) < 4.78 is 0. The molecular weight excluding hydrogens is 1140 g/mol. The molecule has 10 rings (SSSR count). The van der Waals surface area contributed by atoms with E-state index in [1.54, 1.807) is 0 Å². The van der Waals surface area contributed by atoms with Crippen LogP contribution in [0.25, 0.3) is 89.4 Å². The van der Waals surface area contributed by atoms with Crippen molar-refractivity contribution in [2.24, 2.45) is 0 Å². The quantitative estimate of drug-likeness (QED) is 0.135. The third kappa shape index (κ3) is 14.3. The van der Waals surface area contributed by atoms with Crippen LogP contribution < -0.4 is 0 Å². The van der Waals surface area contributed by atoms with Gasteiger partial charge >= 0.3 is 0 Å². The molecule has 0 saturated heterocycles. The third-order valence-electron chi connectivity index (χ3n) is 14.8. The predicted molar refractivity (Wildman–Crippen MR) is 332 cm³/mol. The van der Waals surface area contributed by atoms with E-state index in [0.29, 0.717) is 5.82 Å². The van der Waals surface area contributed by atoms with Gasteiger partial charge in [-0.2, -0.15) is 0 Å². The van der Waals surface area contributed by atoms with E-state index >= 15 is 0 Å². The fourth-order valence-electron chi connectivity index (χ4n) is 9.67. The predicted octanol–water partition coefficient (Wildman–Crippen LogP) is 20.2. The molecule has 79 heavy (non-hydrogen) atoms. The first kappa shape index (κ1) is 57.8. The SMILES string of the molecule is CC(C)(C)c1ccc(-c2cc(-c3ccc(C(C)(C)C)cc3)cc(-c3cc[c-]c(-c4ccccn4)c3)c2)cc1.CCc1cnc(-c2[c-]ccc(-c3cc(-c4ccc(C(C)(C)C)cc4)cc(-c4ccc(C(C)(C)C)cc4)c3)c2)nc1.[Ir]. The number of nitrogens with zero attached hydrogens (tertiary/aromatic N) is 3. The summed E-state index contributed by atoms with van der Waals surface area (Å²) in [4.78, 5) is 13.7. The zero-order valence-corrected chi connectivity index (χ0v) is 50.9. The molecule has 401 valence electrons. The number of pyridine rings is 1. The maximum absolute atomic E-state index is 4.60. The number of aromatic nitrogens is 3. The Bertz CT molecular complexity index is 3470. The molecule has 1 radical (unpaired) electrons. The van der Waals surface area contributed by atoms with E-state index in [2.05, 4.69) is 275 Å². The van der Waals surface area contributed by atoms with Crippen molar-refractivity contribution in [3.63, 3.8) is 0 Å². The van der Waals surface area contributed by atoms with Crippen LogP contribution in [0.2, 0.25) is 0 Å². The normalized spacial score (nSPS) is 11.8. The van der Waals surface area contributed by atoms with E-state index in [1.165, 1.54) is 72.3 Å². The van der Waals surface area contributed by atoms with Crippen LogP contribution in [0.5, 0.6) is 0 Å². The van der Waals surface area contributed by atoms with Gasteiger partial charge in [-0.1, -0.05) is 199 Å². The molecule has 0 aliphatic rings. The molecule has 2 aromatic heterocycles. The van der Waals surface area contributed by atoms with Crippen molar-refractivity contribution in [1.82, 2.24) is 15.0 Å². The van der Waals surface area contributed by atoms with E-state index in [4.69, 9.17) is 0 Å². The van der Waals surface area contributed by atoms with Crippen molar-refractivity contribution >= 4 is 0 Å². The second-order valence-corrected chi connectivity index (χ2v) is 24.9. The van der Waals surface area contributed by atoms with Crippen molar-refractivity contribution < 1.29 is 20.1 Å². The Morgan fingerprint density at radius 2 is 0.646 bits per heavy atom. The standard InChI is InChI=1S/C38H39N2.C37H36N.Ir/c1-8-26-24-39-36(40-25-26)30-11-9-10-29(20-30)33-22-31(27-12-16-34(17-13-27)37(2,3)4)21-32(23-33)28-14-18-35(19-15-28)38(5,6)7;1-36(2,3)33-17-13-26(14-18-33)30-23-31(27-15-19-34(20-16-27)37(4,5)6)25-32(24-30)28-10-9-11-29(22-28)35-12-7-8-21-38-35;/h9-10,12-25H,8H2,1-7H3;7-10,12-25H,1-6H3;/q2*-1;. The van der Waals surface area contributed by atoms with Gasteiger partial charge in [-0.25, -0.2) is 0 Å². The van der Waals surface area contributed by atoms with E-state index in [9.17, 15) is 0 Å². The zero-order valence-electron chi connectivity index (χ0n) is 48.5. The van der Waals surface area contributed by atoms with Gasteiger partial charge in [0.1, 0.15) is 0 Å². The summed E-state index contributed by atoms with van der Waals surface area (Å²) in [6.07, 6.45) is 6.57. The molecule has 0 N–H and O–H groups in total. The van der Waals surface area contributed by atoms with Crippen molar-refractivity contribution in [2.75, 3.05) is 0 Å². The second-order valence-electron chi connectivity index (χ2n) is 24.9. The number of rotatable bonds is 9. The van der Waals surface area contributed by atoms with Crippen LogP contribution in [0, 0.1) is 12.1 Å². The molecule has 8 aromatic carbocycles. The molecule has 0 saturated carbocycles. The zero-order chi connectivity index (χ0) is 55.4. The molecule has 10 aromatic rings. The van der Waals surface area contributed by atoms with Crippen molar-refractivity contribution in [3.05, 3.63) is 247 Å². The molecule has 0 bridgehead atoms. The second kappa shape index (κ2) is 23.9. The van der Waals surface area contributed by atoms with Crippen LogP contribution in [0.4, 0.5) is 0 Å². The van der Waals surface area contributed by atoms with Crippen molar-refractivity contribution in [1.29, 1.82) is 0 Å². The summed E-state index contributed by atoms with van der Waals surface area (Å²) in [6.45, 7) is 29.2. The maximum Gasteiger partial charge on any atom is 0.0748 e. The largest absolute Gasteiger partial charge is 0.305 e. The minimum Gasteiger partial charge on any atom is -0.305 e. The van der Waals surface area contributed by atoms with Gasteiger partial charge < -0.3 is 4.98 Å². The first-order valence-electron chi connectivity index (χ1n) is 27.6. The first-order chi connectivity index (χ1) is 37.1. The maximum atomic E-state index is 4.60. The summed E-state index contributed by atoms with van der Waals surface area (Å²) in [7, 11) is 0. The topological polar surface area (TPSA) is 38.7 Å². The molecule has 0 atom stereocenters. The molecule has 0 aliphatic heterocycles. The van der Waals surface area contributed by atoms with Gasteiger partial charge in [0.05, 0.1) is 5.82 Å². The summed E-state index contributed by atoms with van der Waals surface area (Å²) in [6, 6.07) is 75.2. The summed E-state index contributed by atoms with van der Waals surface area (Å²) >= 11 is 0. The Kier molecular flexibility index (Phi) is 17.5. The monoisotopic (exact) mass is 1210 g/mol. The Hall–Kier alpha value is -7.36. The van der Waals surface area contributed by atoms with E-state index < -0.39 is 0 Å². The van der Waals surface area contributed by atoms with Gasteiger partial charge in [-0.15, -0.1) is 70.8 Å². The Morgan fingerprint density at radius 1 is 0.329 bits per heavy atom. The molecule has 0 fully saturated rings. The Balaban J connectivity index is 0.000000206. The van der Waals surface area contributed by atoms with Gasteiger partial charge in [0, 0.05) is 38.7 Å². The number of hydrogen-bond donors (Lipinski definition) is 0. The van der Waals surface area contributed by atoms with Crippen LogP contribution in [0.1, 0.15) is 118 Å². The fourth-order valence-corrected chi connectivity index (χ4v) is 9.67. The van der Waals surface area contributed by atoms with Crippen molar-refractivity contribution in [2.45, 2.75) is 118 Å². The third-order valence-corrected chi connectivity index (χ3v) is 14.8. The number of aryl methyl sites for hydroxylation is 1. The molecule has 3 nitrogen and oxygen atoms in total. The van der Waals surface area contributed by atoms with Gasteiger partial charge in [0.2, 0.25) is 0 Å². The number of hydrogen-bond acceptors (Lipinski definition) is 3. The molecular formula is C75H75IrN3-2. The van der Waals surface area contributed by atoms with Crippen LogP contribution >= 0.6 is 0 Å². The van der Waals surface area contributed by atoms with Crippen LogP contribution in [-0.2, 0) is 48.2 Å². The Morgan fingerprint density at radius 3 is 0.949 bits per heavy atom. The van der Waals surface area contributed by atoms with Gasteiger partial charge in [0.15, 0.2) is 0 Å². The Labute approximate surface area is 486 Å². The van der Waals surface area contributed by atoms with Crippen LogP contribution in [0.3, 0.4) is 0 Å². The molecule has 0 spiro atoms. The van der Waals surface area contributed by atoms with Crippen LogP contribution in [0.15, 0.2) is 207 Å². The van der Waals surface area contributed by atoms with E-state index in [1.807, 2.05) is 48.9 Å². The van der Waals surface area contributed by atoms with Gasteiger partial charge in [0.25, 0.3) is 0 Å². The fraction of sp³-hybridized carbons (Fsp3) is 0.240. The smallest absolute Gasteiger partial charge is 0.0748 e. The number of benzene rings is 8. The van der Waals surface area contributed by atoms with Gasteiger partial charge in [-0.3, -0.25) is 9.97 Å². The van der Waals surface area contributed by atoms with E-state index in [0.717, 1.165) is 45.5 Å². The van der Waals surface area contributed by atoms with Crippen molar-refractivity contribution in [3.8, 4) is 89.4 Å². The summed E-state index contributed by atoms with van der Waals surface area (Å²) in [5, 5.41) is 0. The average Bonchev–Trinajstić information content (AvgIpc) is 3.49. The van der Waals surface area contributed by atoms with Crippen LogP contribution in [-0.4, -0.2) is 15.0 Å². The van der Waals surface area contributed by atoms with E-state index in [-0.39, 0.29) is 41.8 Å². The first-order valence-corrected chi connectivity index (χ1v) is 27.6. The minimum atomic E-state index is 0. The molecule has 0 unspecified atom stereocenters. The average molecular weight is 1210 g/mol. The molecule has 4 heteroatoms. The van der Waals surface area contributed by atoms with Gasteiger partial charge in [-0.05, 0) is 160 Å². The molecule has 0 aliphatic carbocycles.